The van der Waals surface area contributed by atoms with Crippen LogP contribution < -0.4 is 27.4 Å². The van der Waals surface area contributed by atoms with E-state index >= 15 is 0 Å². The molecule has 9 N–H and O–H groups in total. The number of nitrogens with one attached hydrogen (secondary N) is 5. The minimum Gasteiger partial charge on any atom is -0.370 e. The number of halogens is 2. The molecule has 0 bridgehead atoms. The van der Waals surface area contributed by atoms with Gasteiger partial charge in [0, 0.05) is 42.4 Å². The summed E-state index contributed by atoms with van der Waals surface area (Å²) in [5, 5.41) is 9.42. The second-order valence-corrected chi connectivity index (χ2v) is 11.1. The molecule has 196 valence electrons. The molecule has 0 saturated carbocycles. The van der Waals surface area contributed by atoms with E-state index < -0.39 is 0 Å². The van der Waals surface area contributed by atoms with Crippen LogP contribution in [0.1, 0.15) is 38.3 Å². The van der Waals surface area contributed by atoms with Crippen molar-refractivity contribution in [1.82, 2.24) is 35.5 Å². The lowest BCUT2D eigenvalue weighted by Gasteiger charge is -2.40. The van der Waals surface area contributed by atoms with Crippen LogP contribution in [0.3, 0.4) is 0 Å². The number of carbonyl (C=O) groups is 2. The Kier molecular flexibility index (Phi) is 7.03. The molecule has 37 heavy (non-hydrogen) atoms. The fourth-order valence-corrected chi connectivity index (χ4v) is 5.98. The van der Waals surface area contributed by atoms with Crippen molar-refractivity contribution in [2.75, 3.05) is 25.4 Å². The quantitative estimate of drug-likeness (QED) is 0.205. The van der Waals surface area contributed by atoms with E-state index in [1.54, 1.807) is 22.9 Å². The number of fused-ring (bicyclic) bond motifs is 1. The summed E-state index contributed by atoms with van der Waals surface area (Å²) in [7, 11) is 1.82. The molecule has 1 unspecified atom stereocenters. The highest BCUT2D eigenvalue weighted by atomic mass is 79.9. The molecule has 3 aromatic rings. The van der Waals surface area contributed by atoms with Crippen LogP contribution in [-0.2, 0) is 13.5 Å². The zero-order valence-corrected chi connectivity index (χ0v) is 23.2. The predicted molar refractivity (Wildman–Crippen MR) is 146 cm³/mol. The van der Waals surface area contributed by atoms with Crippen LogP contribution in [-0.4, -0.2) is 63.0 Å². The molecule has 1 aliphatic carbocycles. The molecule has 0 radical (unpaired) electrons. The van der Waals surface area contributed by atoms with Gasteiger partial charge in [0.1, 0.15) is 11.4 Å². The fourth-order valence-electron chi connectivity index (χ4n) is 5.31. The minimum atomic E-state index is -0.217. The lowest BCUT2D eigenvalue weighted by atomic mass is 9.69. The van der Waals surface area contributed by atoms with Crippen molar-refractivity contribution in [3.8, 4) is 0 Å². The van der Waals surface area contributed by atoms with Gasteiger partial charge in [-0.2, -0.15) is 0 Å². The summed E-state index contributed by atoms with van der Waals surface area (Å²) in [6.07, 6.45) is 2.30. The number of rotatable bonds is 7. The maximum Gasteiger partial charge on any atom is 0.267 e. The van der Waals surface area contributed by atoms with Crippen molar-refractivity contribution in [2.45, 2.75) is 18.4 Å². The molecule has 4 heterocycles. The van der Waals surface area contributed by atoms with Crippen LogP contribution in [0.2, 0.25) is 0 Å². The summed E-state index contributed by atoms with van der Waals surface area (Å²) in [6, 6.07) is 5.22. The second kappa shape index (κ2) is 10.2. The molecule has 2 aliphatic rings. The second-order valence-electron chi connectivity index (χ2n) is 9.36. The number of carbonyl (C=O) groups excluding carboxylic acids is 2. The summed E-state index contributed by atoms with van der Waals surface area (Å²) in [5.41, 5.74) is 14.8. The normalized spacial score (nSPS) is 22.7. The lowest BCUT2D eigenvalue weighted by molar-refractivity contribution is 0.0896. The van der Waals surface area contributed by atoms with E-state index in [0.29, 0.717) is 49.4 Å². The molecule has 3 aromatic heterocycles. The highest BCUT2D eigenvalue weighted by molar-refractivity contribution is 9.10. The van der Waals surface area contributed by atoms with Crippen LogP contribution in [0.4, 0.5) is 5.95 Å². The standard InChI is InChI=1S/C23H28Br2N10O2/c1-35-16(2-3-17(35)25)21(37)29-6-10-4-13-19(34-23(27)32-13)18(15-9-31-22(26)33-15)12(10)8-30-20(36)14-5-11(24)7-28-14/h2-3,5,7,10,12,15,18,28H,4,6,8-9H2,1H3,(H,29,37)(H,30,36)(H3,26,31,33)(H3,27,32,34)/t10-,12-,15?,18-/m1/s1. The molecule has 2 amide bonds. The number of H-pyrrole nitrogens is 2. The fraction of sp³-hybridized carbons (Fsp3) is 0.391. The van der Waals surface area contributed by atoms with E-state index in [9.17, 15) is 9.59 Å². The molecular formula is C23H28Br2N10O2. The van der Waals surface area contributed by atoms with Crippen LogP contribution in [0.25, 0.3) is 0 Å². The Bertz CT molecular complexity index is 1360. The van der Waals surface area contributed by atoms with Crippen LogP contribution in [0.15, 0.2) is 38.5 Å². The maximum absolute atomic E-state index is 13.0. The Morgan fingerprint density at radius 2 is 1.97 bits per heavy atom. The van der Waals surface area contributed by atoms with Crippen LogP contribution in [0.5, 0.6) is 0 Å². The molecule has 0 aromatic carbocycles. The Morgan fingerprint density at radius 3 is 2.62 bits per heavy atom. The van der Waals surface area contributed by atoms with Gasteiger partial charge in [-0.05, 0) is 68.3 Å². The number of aliphatic imine (C=N–C) groups is 1. The zero-order chi connectivity index (χ0) is 26.3. The van der Waals surface area contributed by atoms with E-state index in [2.05, 4.69) is 67.8 Å². The van der Waals surface area contributed by atoms with Gasteiger partial charge < -0.3 is 42.0 Å². The van der Waals surface area contributed by atoms with Gasteiger partial charge in [-0.25, -0.2) is 4.98 Å². The van der Waals surface area contributed by atoms with Gasteiger partial charge in [-0.1, -0.05) is 0 Å². The largest absolute Gasteiger partial charge is 0.370 e. The van der Waals surface area contributed by atoms with Gasteiger partial charge in [0.2, 0.25) is 0 Å². The molecule has 1 aliphatic heterocycles. The average molecular weight is 636 g/mol. The highest BCUT2D eigenvalue weighted by Gasteiger charge is 2.44. The van der Waals surface area contributed by atoms with E-state index in [4.69, 9.17) is 11.5 Å². The number of imidazole rings is 1. The Hall–Kier alpha value is -3.26. The lowest BCUT2D eigenvalue weighted by Crippen LogP contribution is -2.50. The van der Waals surface area contributed by atoms with Crippen molar-refractivity contribution in [2.24, 2.45) is 29.6 Å². The number of amides is 2. The van der Waals surface area contributed by atoms with Crippen LogP contribution >= 0.6 is 31.9 Å². The molecule has 5 rings (SSSR count). The third-order valence-corrected chi connectivity index (χ3v) is 8.37. The summed E-state index contributed by atoms with van der Waals surface area (Å²) in [4.78, 5) is 40.9. The summed E-state index contributed by atoms with van der Waals surface area (Å²) < 4.78 is 3.38. The monoisotopic (exact) mass is 634 g/mol. The first-order chi connectivity index (χ1) is 17.7. The predicted octanol–water partition coefficient (Wildman–Crippen LogP) is 1.20. The number of nitrogens with two attached hydrogens (primary N) is 2. The molecule has 0 saturated heterocycles. The maximum atomic E-state index is 13.0. The van der Waals surface area contributed by atoms with E-state index in [-0.39, 0.29) is 35.6 Å². The highest BCUT2D eigenvalue weighted by Crippen LogP contribution is 2.41. The first-order valence-electron chi connectivity index (χ1n) is 11.8. The summed E-state index contributed by atoms with van der Waals surface area (Å²) in [6.45, 7) is 1.24. The number of hydrogen-bond acceptors (Lipinski definition) is 7. The zero-order valence-electron chi connectivity index (χ0n) is 20.0. The number of guanidine groups is 1. The number of nitrogen functional groups attached to an aromatic ring is 1. The van der Waals surface area contributed by atoms with Crippen molar-refractivity contribution in [3.05, 3.63) is 56.2 Å². The number of anilines is 1. The van der Waals surface area contributed by atoms with Crippen molar-refractivity contribution >= 4 is 55.6 Å². The van der Waals surface area contributed by atoms with Crippen molar-refractivity contribution in [3.63, 3.8) is 0 Å². The van der Waals surface area contributed by atoms with E-state index in [1.807, 2.05) is 13.1 Å². The molecule has 12 nitrogen and oxygen atoms in total. The number of aromatic nitrogens is 4. The smallest absolute Gasteiger partial charge is 0.267 e. The number of nitrogens with zero attached hydrogens (tertiary/aromatic N) is 3. The molecule has 14 heteroatoms. The Morgan fingerprint density at radius 1 is 1.19 bits per heavy atom. The van der Waals surface area contributed by atoms with Gasteiger partial charge >= 0.3 is 0 Å². The third kappa shape index (κ3) is 5.12. The third-order valence-electron chi connectivity index (χ3n) is 7.12. The SMILES string of the molecule is Cn1c(Br)ccc1C(=O)NC[C@H]1Cc2nc(N)[nH]c2[C@@H](C2CN=C(N)N2)[C@@H]1CNC(=O)c1cc(Br)c[nH]1. The van der Waals surface area contributed by atoms with Gasteiger partial charge in [-0.15, -0.1) is 0 Å². The molecule has 0 fully saturated rings. The van der Waals surface area contributed by atoms with E-state index in [1.165, 1.54) is 0 Å². The first-order valence-corrected chi connectivity index (χ1v) is 13.4. The molecular weight excluding hydrogens is 608 g/mol. The van der Waals surface area contributed by atoms with Gasteiger partial charge in [-0.3, -0.25) is 14.6 Å². The Labute approximate surface area is 229 Å². The van der Waals surface area contributed by atoms with Crippen LogP contribution in [0, 0.1) is 11.8 Å². The topological polar surface area (TPSA) is 184 Å². The summed E-state index contributed by atoms with van der Waals surface area (Å²) in [5.74, 6) is 0.0803. The summed E-state index contributed by atoms with van der Waals surface area (Å²) >= 11 is 6.80. The number of hydrogen-bond donors (Lipinski definition) is 7. The average Bonchev–Trinajstić information content (AvgIpc) is 3.64. The van der Waals surface area contributed by atoms with Gasteiger partial charge in [0.25, 0.3) is 11.8 Å². The molecule has 0 spiro atoms. The van der Waals surface area contributed by atoms with Gasteiger partial charge in [0.05, 0.1) is 22.9 Å². The first kappa shape index (κ1) is 25.4. The molecule has 4 atom stereocenters. The van der Waals surface area contributed by atoms with Crippen molar-refractivity contribution < 1.29 is 9.59 Å². The number of aromatic amines is 2. The Balaban J connectivity index is 1.41. The minimum absolute atomic E-state index is 0.0350. The van der Waals surface area contributed by atoms with E-state index in [0.717, 1.165) is 20.5 Å². The van der Waals surface area contributed by atoms with Gasteiger partial charge in [0.15, 0.2) is 11.9 Å². The van der Waals surface area contributed by atoms with Crippen molar-refractivity contribution in [1.29, 1.82) is 0 Å².